The fourth-order valence-electron chi connectivity index (χ4n) is 1.84. The van der Waals surface area contributed by atoms with Crippen molar-refractivity contribution in [1.82, 2.24) is 14.8 Å². The van der Waals surface area contributed by atoms with Crippen LogP contribution in [-0.2, 0) is 20.1 Å². The lowest BCUT2D eigenvalue weighted by Gasteiger charge is -2.07. The molecule has 0 saturated carbocycles. The van der Waals surface area contributed by atoms with E-state index >= 15 is 0 Å². The first-order valence-corrected chi connectivity index (χ1v) is 5.88. The largest absolute Gasteiger partial charge is 0.477 e. The van der Waals surface area contributed by atoms with Crippen LogP contribution in [-0.4, -0.2) is 26.5 Å². The Morgan fingerprint density at radius 3 is 2.89 bits per heavy atom. The van der Waals surface area contributed by atoms with Crippen LogP contribution >= 0.6 is 0 Å². The van der Waals surface area contributed by atoms with Crippen LogP contribution in [0.4, 0.5) is 0 Å². The number of aryl methyl sites for hydroxylation is 2. The molecule has 0 fully saturated rings. The molecule has 0 aromatic carbocycles. The van der Waals surface area contributed by atoms with Crippen molar-refractivity contribution >= 4 is 0 Å². The van der Waals surface area contributed by atoms with Crippen LogP contribution in [0.15, 0.2) is 24.4 Å². The fraction of sp³-hybridized carbons (Fsp3) is 0.385. The molecule has 0 radical (unpaired) electrons. The van der Waals surface area contributed by atoms with E-state index in [1.807, 2.05) is 32.2 Å². The van der Waals surface area contributed by atoms with Crippen LogP contribution in [0.3, 0.4) is 0 Å². The van der Waals surface area contributed by atoms with E-state index in [9.17, 15) is 5.11 Å². The quantitative estimate of drug-likeness (QED) is 0.863. The van der Waals surface area contributed by atoms with E-state index < -0.39 is 0 Å². The number of hydrogen-bond acceptors (Lipinski definition) is 4. The standard InChI is InChI=1S/C13H17N3O2/c1-10-12(9-17)13(16(2)15-10)18-8-6-11-5-3-4-7-14-11/h3-5,7,17H,6,8-9H2,1-2H3. The van der Waals surface area contributed by atoms with Gasteiger partial charge in [-0.15, -0.1) is 0 Å². The molecule has 0 unspecified atom stereocenters. The van der Waals surface area contributed by atoms with Crippen molar-refractivity contribution in [1.29, 1.82) is 0 Å². The minimum absolute atomic E-state index is 0.0570. The Morgan fingerprint density at radius 1 is 1.39 bits per heavy atom. The number of aromatic nitrogens is 3. The van der Waals surface area contributed by atoms with E-state index in [1.54, 1.807) is 10.9 Å². The third-order valence-corrected chi connectivity index (χ3v) is 2.77. The summed E-state index contributed by atoms with van der Waals surface area (Å²) in [5.41, 5.74) is 2.54. The molecule has 96 valence electrons. The van der Waals surface area contributed by atoms with Crippen LogP contribution < -0.4 is 4.74 Å². The summed E-state index contributed by atoms with van der Waals surface area (Å²) in [6, 6.07) is 5.80. The maximum atomic E-state index is 9.28. The Bertz CT molecular complexity index is 508. The average molecular weight is 247 g/mol. The van der Waals surface area contributed by atoms with E-state index in [-0.39, 0.29) is 6.61 Å². The Hall–Kier alpha value is -1.88. The highest BCUT2D eigenvalue weighted by Gasteiger charge is 2.13. The molecule has 1 N–H and O–H groups in total. The monoisotopic (exact) mass is 247 g/mol. The van der Waals surface area contributed by atoms with E-state index in [4.69, 9.17) is 4.74 Å². The molecule has 0 spiro atoms. The summed E-state index contributed by atoms with van der Waals surface area (Å²) in [7, 11) is 1.81. The van der Waals surface area contributed by atoms with Crippen LogP contribution in [0.5, 0.6) is 5.88 Å². The molecule has 18 heavy (non-hydrogen) atoms. The highest BCUT2D eigenvalue weighted by Crippen LogP contribution is 2.21. The smallest absolute Gasteiger partial charge is 0.217 e. The molecule has 0 aliphatic carbocycles. The van der Waals surface area contributed by atoms with Crippen molar-refractivity contribution in [3.8, 4) is 5.88 Å². The van der Waals surface area contributed by atoms with Crippen LogP contribution in [0.25, 0.3) is 0 Å². The normalized spacial score (nSPS) is 10.6. The molecule has 0 saturated heterocycles. The third kappa shape index (κ3) is 2.68. The Morgan fingerprint density at radius 2 is 2.22 bits per heavy atom. The molecule has 2 rings (SSSR count). The summed E-state index contributed by atoms with van der Waals surface area (Å²) in [4.78, 5) is 4.23. The Kier molecular flexibility index (Phi) is 3.94. The van der Waals surface area contributed by atoms with Gasteiger partial charge in [0.25, 0.3) is 0 Å². The summed E-state index contributed by atoms with van der Waals surface area (Å²) >= 11 is 0. The average Bonchev–Trinajstić information content (AvgIpc) is 2.65. The molecule has 2 aromatic heterocycles. The van der Waals surface area contributed by atoms with Gasteiger partial charge in [-0.2, -0.15) is 5.10 Å². The highest BCUT2D eigenvalue weighted by atomic mass is 16.5. The minimum Gasteiger partial charge on any atom is -0.477 e. The van der Waals surface area contributed by atoms with Gasteiger partial charge in [-0.25, -0.2) is 4.68 Å². The van der Waals surface area contributed by atoms with E-state index in [0.717, 1.165) is 23.4 Å². The lowest BCUT2D eigenvalue weighted by atomic mass is 10.2. The molecular formula is C13H17N3O2. The molecule has 5 heteroatoms. The molecule has 0 aliphatic rings. The predicted octanol–water partition coefficient (Wildman–Crippen LogP) is 1.24. The van der Waals surface area contributed by atoms with Gasteiger partial charge in [-0.3, -0.25) is 4.98 Å². The van der Waals surface area contributed by atoms with Gasteiger partial charge in [-0.05, 0) is 19.1 Å². The van der Waals surface area contributed by atoms with Gasteiger partial charge in [-0.1, -0.05) is 6.07 Å². The summed E-state index contributed by atoms with van der Waals surface area (Å²) in [5, 5.41) is 13.5. The van der Waals surface area contributed by atoms with Crippen LogP contribution in [0.2, 0.25) is 0 Å². The SMILES string of the molecule is Cc1nn(C)c(OCCc2ccccn2)c1CO. The maximum Gasteiger partial charge on any atom is 0.217 e. The van der Waals surface area contributed by atoms with Gasteiger partial charge in [0.1, 0.15) is 0 Å². The van der Waals surface area contributed by atoms with E-state index in [2.05, 4.69) is 10.1 Å². The number of nitrogens with zero attached hydrogens (tertiary/aromatic N) is 3. The number of aliphatic hydroxyl groups is 1. The van der Waals surface area contributed by atoms with Gasteiger partial charge >= 0.3 is 0 Å². The van der Waals surface area contributed by atoms with Crippen molar-refractivity contribution in [2.75, 3.05) is 6.61 Å². The number of aliphatic hydroxyl groups excluding tert-OH is 1. The van der Waals surface area contributed by atoms with Crippen LogP contribution in [0.1, 0.15) is 17.0 Å². The zero-order chi connectivity index (χ0) is 13.0. The van der Waals surface area contributed by atoms with Gasteiger partial charge in [0.05, 0.1) is 24.5 Å². The summed E-state index contributed by atoms with van der Waals surface area (Å²) < 4.78 is 7.34. The van der Waals surface area contributed by atoms with Crippen molar-refractivity contribution in [3.05, 3.63) is 41.3 Å². The van der Waals surface area contributed by atoms with Gasteiger partial charge in [0, 0.05) is 25.4 Å². The predicted molar refractivity (Wildman–Crippen MR) is 67.3 cm³/mol. The second-order valence-corrected chi connectivity index (χ2v) is 4.07. The van der Waals surface area contributed by atoms with Gasteiger partial charge in [0.15, 0.2) is 0 Å². The number of ether oxygens (including phenoxy) is 1. The molecule has 0 amide bonds. The minimum atomic E-state index is -0.0570. The van der Waals surface area contributed by atoms with Crippen molar-refractivity contribution < 1.29 is 9.84 Å². The Balaban J connectivity index is 1.98. The molecular weight excluding hydrogens is 230 g/mol. The zero-order valence-corrected chi connectivity index (χ0v) is 10.6. The first kappa shape index (κ1) is 12.6. The van der Waals surface area contributed by atoms with E-state index in [1.165, 1.54) is 0 Å². The number of pyridine rings is 1. The second kappa shape index (κ2) is 5.64. The summed E-state index contributed by atoms with van der Waals surface area (Å²) in [5.74, 6) is 0.630. The summed E-state index contributed by atoms with van der Waals surface area (Å²) in [6.45, 7) is 2.32. The molecule has 5 nitrogen and oxygen atoms in total. The topological polar surface area (TPSA) is 60.2 Å². The number of hydrogen-bond donors (Lipinski definition) is 1. The first-order valence-electron chi connectivity index (χ1n) is 5.88. The van der Waals surface area contributed by atoms with E-state index in [0.29, 0.717) is 12.5 Å². The van der Waals surface area contributed by atoms with Crippen LogP contribution in [0, 0.1) is 6.92 Å². The Labute approximate surface area is 106 Å². The maximum absolute atomic E-state index is 9.28. The molecule has 2 aromatic rings. The van der Waals surface area contributed by atoms with Gasteiger partial charge < -0.3 is 9.84 Å². The third-order valence-electron chi connectivity index (χ3n) is 2.77. The lowest BCUT2D eigenvalue weighted by Crippen LogP contribution is -2.07. The lowest BCUT2D eigenvalue weighted by molar-refractivity contribution is 0.254. The first-order chi connectivity index (χ1) is 8.72. The zero-order valence-electron chi connectivity index (χ0n) is 10.6. The number of rotatable bonds is 5. The molecule has 2 heterocycles. The van der Waals surface area contributed by atoms with Crippen molar-refractivity contribution in [2.24, 2.45) is 7.05 Å². The van der Waals surface area contributed by atoms with Crippen molar-refractivity contribution in [2.45, 2.75) is 20.0 Å². The molecule has 0 aliphatic heterocycles. The van der Waals surface area contributed by atoms with Gasteiger partial charge in [0.2, 0.25) is 5.88 Å². The van der Waals surface area contributed by atoms with Crippen molar-refractivity contribution in [3.63, 3.8) is 0 Å². The molecule has 0 bridgehead atoms. The summed E-state index contributed by atoms with van der Waals surface area (Å²) in [6.07, 6.45) is 2.50. The second-order valence-electron chi connectivity index (χ2n) is 4.07. The highest BCUT2D eigenvalue weighted by molar-refractivity contribution is 5.30. The molecule has 0 atom stereocenters. The fourth-order valence-corrected chi connectivity index (χ4v) is 1.84.